The minimum absolute atomic E-state index is 0.115. The molecule has 166 valence electrons. The Labute approximate surface area is 186 Å². The summed E-state index contributed by atoms with van der Waals surface area (Å²) in [5.74, 6) is 0. The van der Waals surface area contributed by atoms with E-state index in [0.717, 1.165) is 34.6 Å². The first-order valence-corrected chi connectivity index (χ1v) is 11.5. The Morgan fingerprint density at radius 3 is 2.61 bits per heavy atom. The zero-order chi connectivity index (χ0) is 22.2. The standard InChI is InChI=1S/C14H13N5S.C8H17NO2/c1-9(2)20-13-3-10(12-5-16-17-6-12)8-19-14(13)11(4-15)7-18-19;10-7-8(11)6-9-4-2-1-3-5-9/h3,5-9H,1-2H3,(H,16,17);8,10-11H,1-7H2. The Morgan fingerprint density at radius 1 is 1.23 bits per heavy atom. The molecule has 9 heteroatoms. The van der Waals surface area contributed by atoms with Crippen LogP contribution in [-0.2, 0) is 0 Å². The Morgan fingerprint density at radius 2 is 2.00 bits per heavy atom. The first-order valence-electron chi connectivity index (χ1n) is 10.6. The molecular formula is C22H30N6O2S. The van der Waals surface area contributed by atoms with Crippen LogP contribution in [0.2, 0.25) is 0 Å². The van der Waals surface area contributed by atoms with E-state index in [2.05, 4.69) is 46.2 Å². The van der Waals surface area contributed by atoms with Gasteiger partial charge in [0, 0.05) is 40.2 Å². The molecule has 4 heterocycles. The maximum atomic E-state index is 9.21. The Balaban J connectivity index is 0.000000210. The summed E-state index contributed by atoms with van der Waals surface area (Å²) in [7, 11) is 0. The van der Waals surface area contributed by atoms with E-state index < -0.39 is 6.10 Å². The summed E-state index contributed by atoms with van der Waals surface area (Å²) in [5, 5.41) is 38.4. The van der Waals surface area contributed by atoms with Crippen molar-refractivity contribution in [3.05, 3.63) is 36.4 Å². The molecule has 0 amide bonds. The zero-order valence-electron chi connectivity index (χ0n) is 18.0. The number of aliphatic hydroxyl groups excluding tert-OH is 2. The molecular weight excluding hydrogens is 412 g/mol. The first-order chi connectivity index (χ1) is 15.0. The summed E-state index contributed by atoms with van der Waals surface area (Å²) in [6, 6.07) is 4.29. The number of fused-ring (bicyclic) bond motifs is 1. The van der Waals surface area contributed by atoms with Gasteiger partial charge in [0.1, 0.15) is 6.07 Å². The molecule has 0 bridgehead atoms. The van der Waals surface area contributed by atoms with Gasteiger partial charge in [-0.1, -0.05) is 20.3 Å². The lowest BCUT2D eigenvalue weighted by molar-refractivity contribution is 0.0533. The summed E-state index contributed by atoms with van der Waals surface area (Å²) in [4.78, 5) is 3.28. The quantitative estimate of drug-likeness (QED) is 0.503. The molecule has 0 aromatic carbocycles. The number of pyridine rings is 1. The number of H-pyrrole nitrogens is 1. The number of nitrogens with one attached hydrogen (secondary N) is 1. The molecule has 1 aliphatic rings. The Bertz CT molecular complexity index is 990. The SMILES string of the molecule is CC(C)Sc1cc(-c2cn[nH]c2)cn2ncc(C#N)c12.OCC(O)CN1CCCCC1. The van der Waals surface area contributed by atoms with Crippen LogP contribution < -0.4 is 0 Å². The van der Waals surface area contributed by atoms with E-state index in [4.69, 9.17) is 10.2 Å². The highest BCUT2D eigenvalue weighted by Crippen LogP contribution is 2.33. The monoisotopic (exact) mass is 442 g/mol. The molecule has 1 fully saturated rings. The predicted octanol–water partition coefficient (Wildman–Crippen LogP) is 2.92. The number of nitriles is 1. The van der Waals surface area contributed by atoms with Crippen molar-refractivity contribution in [1.82, 2.24) is 24.7 Å². The number of β-amino-alcohol motifs (C(OH)–C–C–N with tert-alkyl or cyclic N) is 1. The normalized spacial score (nSPS) is 15.5. The average Bonchev–Trinajstić information content (AvgIpc) is 3.44. The van der Waals surface area contributed by atoms with Crippen molar-refractivity contribution >= 4 is 17.3 Å². The second-order valence-corrected chi connectivity index (χ2v) is 9.53. The second kappa shape index (κ2) is 11.3. The highest BCUT2D eigenvalue weighted by molar-refractivity contribution is 8.00. The van der Waals surface area contributed by atoms with Gasteiger partial charge in [0.25, 0.3) is 0 Å². The largest absolute Gasteiger partial charge is 0.394 e. The van der Waals surface area contributed by atoms with Gasteiger partial charge in [-0.25, -0.2) is 4.52 Å². The number of hydrogen-bond donors (Lipinski definition) is 3. The van der Waals surface area contributed by atoms with Crippen molar-refractivity contribution in [3.63, 3.8) is 0 Å². The van der Waals surface area contributed by atoms with Crippen molar-refractivity contribution < 1.29 is 10.2 Å². The van der Waals surface area contributed by atoms with Gasteiger partial charge in [0.15, 0.2) is 0 Å². The van der Waals surface area contributed by atoms with E-state index in [1.165, 1.54) is 19.3 Å². The van der Waals surface area contributed by atoms with Gasteiger partial charge in [0.05, 0.1) is 36.2 Å². The van der Waals surface area contributed by atoms with Crippen molar-refractivity contribution in [2.45, 2.75) is 49.4 Å². The minimum Gasteiger partial charge on any atom is -0.394 e. The molecule has 0 spiro atoms. The second-order valence-electron chi connectivity index (χ2n) is 7.91. The van der Waals surface area contributed by atoms with Crippen molar-refractivity contribution in [2.75, 3.05) is 26.2 Å². The number of aliphatic hydroxyl groups is 2. The lowest BCUT2D eigenvalue weighted by atomic mass is 10.1. The molecule has 8 nitrogen and oxygen atoms in total. The fourth-order valence-electron chi connectivity index (χ4n) is 3.57. The van der Waals surface area contributed by atoms with E-state index in [-0.39, 0.29) is 6.61 Å². The van der Waals surface area contributed by atoms with E-state index in [9.17, 15) is 5.26 Å². The zero-order valence-corrected chi connectivity index (χ0v) is 18.8. The van der Waals surface area contributed by atoms with Gasteiger partial charge in [-0.05, 0) is 32.0 Å². The molecule has 4 rings (SSSR count). The molecule has 0 saturated carbocycles. The summed E-state index contributed by atoms with van der Waals surface area (Å²) < 4.78 is 1.77. The van der Waals surface area contributed by atoms with E-state index in [1.54, 1.807) is 28.7 Å². The summed E-state index contributed by atoms with van der Waals surface area (Å²) in [6.07, 6.45) is 10.4. The van der Waals surface area contributed by atoms with Gasteiger partial charge in [-0.3, -0.25) is 5.10 Å². The number of hydrogen-bond acceptors (Lipinski definition) is 7. The Hall–Kier alpha value is -2.38. The molecule has 0 aliphatic carbocycles. The van der Waals surface area contributed by atoms with Crippen molar-refractivity contribution in [1.29, 1.82) is 5.26 Å². The first kappa shape index (κ1) is 23.3. The topological polar surface area (TPSA) is 113 Å². The fourth-order valence-corrected chi connectivity index (χ4v) is 4.59. The number of nitrogens with zero attached hydrogens (tertiary/aromatic N) is 5. The van der Waals surface area contributed by atoms with Gasteiger partial charge in [-0.15, -0.1) is 11.8 Å². The molecule has 1 aliphatic heterocycles. The number of likely N-dealkylation sites (tertiary alicyclic amines) is 1. The lowest BCUT2D eigenvalue weighted by Gasteiger charge is -2.27. The van der Waals surface area contributed by atoms with Crippen molar-refractivity contribution in [3.8, 4) is 17.2 Å². The van der Waals surface area contributed by atoms with Crippen LogP contribution in [0.5, 0.6) is 0 Å². The minimum atomic E-state index is -0.548. The number of piperidine rings is 1. The van der Waals surface area contributed by atoms with Crippen LogP contribution in [0.4, 0.5) is 0 Å². The van der Waals surface area contributed by atoms with Crippen LogP contribution in [-0.4, -0.2) is 72.5 Å². The molecule has 3 N–H and O–H groups in total. The Kier molecular flexibility index (Phi) is 8.49. The molecule has 1 unspecified atom stereocenters. The molecule has 3 aromatic rings. The molecule has 0 radical (unpaired) electrons. The number of aromatic nitrogens is 4. The van der Waals surface area contributed by atoms with Crippen LogP contribution in [0, 0.1) is 11.3 Å². The maximum Gasteiger partial charge on any atom is 0.103 e. The van der Waals surface area contributed by atoms with E-state index in [0.29, 0.717) is 17.4 Å². The third-order valence-corrected chi connectivity index (χ3v) is 6.06. The molecule has 1 atom stereocenters. The van der Waals surface area contributed by atoms with Crippen LogP contribution in [0.1, 0.15) is 38.7 Å². The van der Waals surface area contributed by atoms with Gasteiger partial charge in [0.2, 0.25) is 0 Å². The summed E-state index contributed by atoms with van der Waals surface area (Å²) >= 11 is 1.73. The van der Waals surface area contributed by atoms with Gasteiger partial charge >= 0.3 is 0 Å². The van der Waals surface area contributed by atoms with Crippen LogP contribution >= 0.6 is 11.8 Å². The van der Waals surface area contributed by atoms with E-state index >= 15 is 0 Å². The smallest absolute Gasteiger partial charge is 0.103 e. The average molecular weight is 443 g/mol. The molecule has 1 saturated heterocycles. The van der Waals surface area contributed by atoms with Crippen LogP contribution in [0.15, 0.2) is 35.7 Å². The van der Waals surface area contributed by atoms with Crippen LogP contribution in [0.3, 0.4) is 0 Å². The predicted molar refractivity (Wildman–Crippen MR) is 122 cm³/mol. The van der Waals surface area contributed by atoms with Crippen molar-refractivity contribution in [2.24, 2.45) is 0 Å². The number of rotatable bonds is 6. The van der Waals surface area contributed by atoms with Crippen LogP contribution in [0.25, 0.3) is 16.6 Å². The summed E-state index contributed by atoms with van der Waals surface area (Å²) in [6.45, 7) is 6.95. The third kappa shape index (κ3) is 6.31. The molecule has 31 heavy (non-hydrogen) atoms. The molecule has 3 aromatic heterocycles. The third-order valence-electron chi connectivity index (χ3n) is 5.02. The number of thioether (sulfide) groups is 1. The maximum absolute atomic E-state index is 9.21. The highest BCUT2D eigenvalue weighted by Gasteiger charge is 2.14. The van der Waals surface area contributed by atoms with E-state index in [1.807, 2.05) is 12.4 Å². The number of aromatic amines is 1. The highest BCUT2D eigenvalue weighted by atomic mass is 32.2. The van der Waals surface area contributed by atoms with Gasteiger partial charge in [-0.2, -0.15) is 15.5 Å². The lowest BCUT2D eigenvalue weighted by Crippen LogP contribution is -2.37. The van der Waals surface area contributed by atoms with Gasteiger partial charge < -0.3 is 15.1 Å². The summed E-state index contributed by atoms with van der Waals surface area (Å²) in [5.41, 5.74) is 3.51. The fraction of sp³-hybridized carbons (Fsp3) is 0.500.